The number of H-pyrrole nitrogens is 1. The summed E-state index contributed by atoms with van der Waals surface area (Å²) in [7, 11) is 0. The lowest BCUT2D eigenvalue weighted by Crippen LogP contribution is -2.34. The van der Waals surface area contributed by atoms with Crippen LogP contribution in [0.15, 0.2) is 30.7 Å². The number of amides is 1. The zero-order valence-corrected chi connectivity index (χ0v) is 11.7. The molecule has 8 heteroatoms. The van der Waals surface area contributed by atoms with E-state index in [1.807, 2.05) is 0 Å². The van der Waals surface area contributed by atoms with Crippen molar-refractivity contribution in [2.75, 3.05) is 5.32 Å². The highest BCUT2D eigenvalue weighted by Crippen LogP contribution is 2.25. The Morgan fingerprint density at radius 1 is 1.37 bits per heavy atom. The molecule has 19 heavy (non-hydrogen) atoms. The van der Waals surface area contributed by atoms with Gasteiger partial charge in [-0.25, -0.2) is 4.98 Å². The molecule has 0 atom stereocenters. The monoisotopic (exact) mass is 314 g/mol. The summed E-state index contributed by atoms with van der Waals surface area (Å²) in [6.45, 7) is 0. The van der Waals surface area contributed by atoms with E-state index in [-0.39, 0.29) is 11.0 Å². The van der Waals surface area contributed by atoms with Crippen LogP contribution in [0.5, 0.6) is 0 Å². The largest absolute Gasteiger partial charge is 0.341 e. The van der Waals surface area contributed by atoms with E-state index in [9.17, 15) is 4.79 Å². The molecule has 0 bridgehead atoms. The van der Waals surface area contributed by atoms with Gasteiger partial charge in [0.2, 0.25) is 0 Å². The van der Waals surface area contributed by atoms with Gasteiger partial charge in [-0.1, -0.05) is 23.2 Å². The number of carbonyl (C=O) groups excluding carboxylic acids is 1. The molecule has 0 saturated heterocycles. The number of aromatic nitrogens is 2. The zero-order valence-electron chi connectivity index (χ0n) is 9.41. The first-order chi connectivity index (χ1) is 9.06. The number of hydrogen-bond acceptors (Lipinski definition) is 3. The standard InChI is InChI=1S/C11H8Cl2N4OS/c12-6-1-2-8(7(13)3-6)16-11(19)17-10(18)9-4-14-5-15-9/h1-5H,(H,14,15)(H2,16,17,18,19). The van der Waals surface area contributed by atoms with Crippen LogP contribution in [-0.2, 0) is 0 Å². The van der Waals surface area contributed by atoms with Crippen LogP contribution in [0.2, 0.25) is 10.0 Å². The van der Waals surface area contributed by atoms with Gasteiger partial charge in [0.15, 0.2) is 5.11 Å². The van der Waals surface area contributed by atoms with Crippen molar-refractivity contribution in [1.82, 2.24) is 15.3 Å². The Morgan fingerprint density at radius 3 is 2.79 bits per heavy atom. The van der Waals surface area contributed by atoms with Gasteiger partial charge >= 0.3 is 0 Å². The lowest BCUT2D eigenvalue weighted by atomic mass is 10.3. The van der Waals surface area contributed by atoms with Crippen LogP contribution in [0.3, 0.4) is 0 Å². The van der Waals surface area contributed by atoms with Gasteiger partial charge in [-0.05, 0) is 30.4 Å². The summed E-state index contributed by atoms with van der Waals surface area (Å²) in [5.41, 5.74) is 0.868. The number of benzene rings is 1. The van der Waals surface area contributed by atoms with Gasteiger partial charge < -0.3 is 10.3 Å². The molecular formula is C11H8Cl2N4OS. The van der Waals surface area contributed by atoms with E-state index in [4.69, 9.17) is 35.4 Å². The summed E-state index contributed by atoms with van der Waals surface area (Å²) in [4.78, 5) is 18.1. The SMILES string of the molecule is O=C(NC(=S)Nc1ccc(Cl)cc1Cl)c1cnc[nH]1. The number of aromatic amines is 1. The third-order valence-electron chi connectivity index (χ3n) is 2.15. The molecule has 98 valence electrons. The van der Waals surface area contributed by atoms with Gasteiger partial charge in [-0.3, -0.25) is 10.1 Å². The van der Waals surface area contributed by atoms with Gasteiger partial charge in [0.05, 0.1) is 23.2 Å². The zero-order chi connectivity index (χ0) is 13.8. The molecule has 0 aliphatic heterocycles. The first-order valence-corrected chi connectivity index (χ1v) is 6.28. The fraction of sp³-hybridized carbons (Fsp3) is 0. The second-order valence-electron chi connectivity index (χ2n) is 3.50. The summed E-state index contributed by atoms with van der Waals surface area (Å²) >= 11 is 16.8. The van der Waals surface area contributed by atoms with E-state index in [2.05, 4.69) is 20.6 Å². The minimum Gasteiger partial charge on any atom is -0.341 e. The molecule has 0 radical (unpaired) electrons. The van der Waals surface area contributed by atoms with E-state index >= 15 is 0 Å². The summed E-state index contributed by atoms with van der Waals surface area (Å²) in [5.74, 6) is -0.389. The number of carbonyl (C=O) groups is 1. The van der Waals surface area contributed by atoms with Gasteiger partial charge in [0.1, 0.15) is 5.69 Å². The molecule has 2 aromatic rings. The number of rotatable bonds is 2. The highest BCUT2D eigenvalue weighted by atomic mass is 35.5. The van der Waals surface area contributed by atoms with Crippen molar-refractivity contribution in [2.24, 2.45) is 0 Å². The molecule has 1 amide bonds. The number of halogens is 2. The first kappa shape index (κ1) is 13.8. The summed E-state index contributed by atoms with van der Waals surface area (Å²) in [6.07, 6.45) is 2.80. The minimum atomic E-state index is -0.389. The van der Waals surface area contributed by atoms with Gasteiger partial charge in [0.25, 0.3) is 5.91 Å². The van der Waals surface area contributed by atoms with Crippen molar-refractivity contribution < 1.29 is 4.79 Å². The third-order valence-corrected chi connectivity index (χ3v) is 2.90. The number of anilines is 1. The van der Waals surface area contributed by atoms with E-state index < -0.39 is 0 Å². The third kappa shape index (κ3) is 3.66. The molecule has 3 N–H and O–H groups in total. The molecule has 0 spiro atoms. The van der Waals surface area contributed by atoms with E-state index in [1.54, 1.807) is 18.2 Å². The maximum atomic E-state index is 11.7. The second-order valence-corrected chi connectivity index (χ2v) is 4.75. The summed E-state index contributed by atoms with van der Waals surface area (Å²) < 4.78 is 0. The van der Waals surface area contributed by atoms with Gasteiger partial charge in [-0.15, -0.1) is 0 Å². The first-order valence-electron chi connectivity index (χ1n) is 5.12. The topological polar surface area (TPSA) is 69.8 Å². The van der Waals surface area contributed by atoms with Crippen LogP contribution in [0.25, 0.3) is 0 Å². The molecule has 0 aliphatic rings. The van der Waals surface area contributed by atoms with Crippen molar-refractivity contribution in [3.05, 3.63) is 46.5 Å². The number of thiocarbonyl (C=S) groups is 1. The second kappa shape index (κ2) is 6.01. The number of nitrogens with one attached hydrogen (secondary N) is 3. The number of hydrogen-bond donors (Lipinski definition) is 3. The molecule has 1 aromatic heterocycles. The van der Waals surface area contributed by atoms with Crippen molar-refractivity contribution in [3.8, 4) is 0 Å². The predicted molar refractivity (Wildman–Crippen MR) is 78.7 cm³/mol. The Bertz CT molecular complexity index is 615. The van der Waals surface area contributed by atoms with E-state index in [1.165, 1.54) is 12.5 Å². The molecule has 2 rings (SSSR count). The molecule has 0 unspecified atom stereocenters. The van der Waals surface area contributed by atoms with Crippen molar-refractivity contribution >= 4 is 52.1 Å². The highest BCUT2D eigenvalue weighted by Gasteiger charge is 2.10. The van der Waals surface area contributed by atoms with Crippen LogP contribution in [0.1, 0.15) is 10.5 Å². The molecule has 5 nitrogen and oxygen atoms in total. The molecule has 1 aromatic carbocycles. The minimum absolute atomic E-state index is 0.129. The van der Waals surface area contributed by atoms with Crippen LogP contribution >= 0.6 is 35.4 Å². The van der Waals surface area contributed by atoms with Crippen molar-refractivity contribution in [2.45, 2.75) is 0 Å². The normalized spacial score (nSPS) is 10.0. The van der Waals surface area contributed by atoms with E-state index in [0.717, 1.165) is 0 Å². The smallest absolute Gasteiger partial charge is 0.275 e. The fourth-order valence-corrected chi connectivity index (χ4v) is 1.95. The van der Waals surface area contributed by atoms with Crippen LogP contribution in [0.4, 0.5) is 5.69 Å². The fourth-order valence-electron chi connectivity index (χ4n) is 1.29. The van der Waals surface area contributed by atoms with E-state index in [0.29, 0.717) is 21.4 Å². The Labute approximate surface area is 124 Å². The lowest BCUT2D eigenvalue weighted by Gasteiger charge is -2.10. The van der Waals surface area contributed by atoms with Crippen molar-refractivity contribution in [1.29, 1.82) is 0 Å². The van der Waals surface area contributed by atoms with Gasteiger partial charge in [0, 0.05) is 5.02 Å². The lowest BCUT2D eigenvalue weighted by molar-refractivity contribution is 0.0973. The van der Waals surface area contributed by atoms with Crippen LogP contribution < -0.4 is 10.6 Å². The Morgan fingerprint density at radius 2 is 2.16 bits per heavy atom. The Hall–Kier alpha value is -1.63. The van der Waals surface area contributed by atoms with Gasteiger partial charge in [-0.2, -0.15) is 0 Å². The molecule has 0 saturated carbocycles. The highest BCUT2D eigenvalue weighted by molar-refractivity contribution is 7.80. The van der Waals surface area contributed by atoms with Crippen molar-refractivity contribution in [3.63, 3.8) is 0 Å². The number of nitrogens with zero attached hydrogens (tertiary/aromatic N) is 1. The average molecular weight is 315 g/mol. The Balaban J connectivity index is 2.00. The summed E-state index contributed by atoms with van der Waals surface area (Å²) in [6, 6.07) is 4.90. The van der Waals surface area contributed by atoms with Crippen LogP contribution in [0, 0.1) is 0 Å². The predicted octanol–water partition coefficient (Wildman–Crippen LogP) is 2.84. The summed E-state index contributed by atoms with van der Waals surface area (Å²) in [5, 5.41) is 6.35. The quantitative estimate of drug-likeness (QED) is 0.745. The molecule has 0 aliphatic carbocycles. The Kier molecular flexibility index (Phi) is 4.36. The maximum Gasteiger partial charge on any atom is 0.275 e. The molecular weight excluding hydrogens is 307 g/mol. The maximum absolute atomic E-state index is 11.7. The number of imidazole rings is 1. The average Bonchev–Trinajstić information content (AvgIpc) is 2.86. The molecule has 0 fully saturated rings. The molecule has 1 heterocycles. The van der Waals surface area contributed by atoms with Crippen LogP contribution in [-0.4, -0.2) is 21.0 Å².